The third kappa shape index (κ3) is 3.22. The van der Waals surface area contributed by atoms with Gasteiger partial charge in [0.05, 0.1) is 19.2 Å². The van der Waals surface area contributed by atoms with Gasteiger partial charge in [0.1, 0.15) is 6.61 Å². The Morgan fingerprint density at radius 1 is 1.50 bits per heavy atom. The van der Waals surface area contributed by atoms with Crippen LogP contribution in [0.1, 0.15) is 5.56 Å². The summed E-state index contributed by atoms with van der Waals surface area (Å²) in [6, 6.07) is 11.5. The number of morpholine rings is 1. The van der Waals surface area contributed by atoms with Crippen LogP contribution in [0, 0.1) is 11.3 Å². The number of nitriles is 1. The molecular formula is C13H14N2O3. The minimum Gasteiger partial charge on any atom is -0.445 e. The van der Waals surface area contributed by atoms with Crippen molar-refractivity contribution in [3.8, 4) is 6.07 Å². The molecule has 0 saturated carbocycles. The lowest BCUT2D eigenvalue weighted by Crippen LogP contribution is -2.45. The Hall–Kier alpha value is -2.06. The fourth-order valence-electron chi connectivity index (χ4n) is 1.70. The molecule has 0 spiro atoms. The standard InChI is InChI=1S/C13H14N2O3/c14-8-12-9-15(6-7-17-12)13(16)18-10-11-4-2-1-3-5-11/h1-5,12H,6-7,9-10H2. The van der Waals surface area contributed by atoms with E-state index in [4.69, 9.17) is 14.7 Å². The summed E-state index contributed by atoms with van der Waals surface area (Å²) in [6.07, 6.45) is -0.953. The molecule has 1 atom stereocenters. The van der Waals surface area contributed by atoms with Gasteiger partial charge in [-0.25, -0.2) is 4.79 Å². The molecule has 1 saturated heterocycles. The number of ether oxygens (including phenoxy) is 2. The van der Waals surface area contributed by atoms with Gasteiger partial charge in [0.25, 0.3) is 0 Å². The van der Waals surface area contributed by atoms with Crippen LogP contribution in [0.3, 0.4) is 0 Å². The Balaban J connectivity index is 1.83. The van der Waals surface area contributed by atoms with Crippen molar-refractivity contribution >= 4 is 6.09 Å². The minimum absolute atomic E-state index is 0.244. The molecule has 0 bridgehead atoms. The van der Waals surface area contributed by atoms with Gasteiger partial charge in [0.15, 0.2) is 6.10 Å². The van der Waals surface area contributed by atoms with E-state index in [1.807, 2.05) is 36.4 Å². The van der Waals surface area contributed by atoms with Crippen LogP contribution in [0.4, 0.5) is 4.79 Å². The maximum absolute atomic E-state index is 11.8. The molecule has 2 rings (SSSR count). The Labute approximate surface area is 106 Å². The van der Waals surface area contributed by atoms with Gasteiger partial charge in [-0.3, -0.25) is 0 Å². The number of carbonyl (C=O) groups is 1. The summed E-state index contributed by atoms with van der Waals surface area (Å²) in [4.78, 5) is 13.3. The SMILES string of the molecule is N#CC1CN(C(=O)OCc2ccccc2)CCO1. The van der Waals surface area contributed by atoms with Crippen molar-refractivity contribution in [1.29, 1.82) is 5.26 Å². The van der Waals surface area contributed by atoms with Gasteiger partial charge in [0.2, 0.25) is 0 Å². The Morgan fingerprint density at radius 3 is 3.00 bits per heavy atom. The second-order valence-corrected chi connectivity index (χ2v) is 3.97. The zero-order valence-electron chi connectivity index (χ0n) is 9.91. The Kier molecular flexibility index (Phi) is 4.15. The summed E-state index contributed by atoms with van der Waals surface area (Å²) in [5, 5.41) is 8.74. The van der Waals surface area contributed by atoms with Crippen LogP contribution in [0.15, 0.2) is 30.3 Å². The molecule has 1 amide bonds. The summed E-state index contributed by atoms with van der Waals surface area (Å²) < 4.78 is 10.3. The van der Waals surface area contributed by atoms with Crippen molar-refractivity contribution in [3.63, 3.8) is 0 Å². The summed E-state index contributed by atoms with van der Waals surface area (Å²) in [7, 11) is 0. The minimum atomic E-state index is -0.553. The van der Waals surface area contributed by atoms with Crippen LogP contribution in [0.2, 0.25) is 0 Å². The van der Waals surface area contributed by atoms with Crippen LogP contribution >= 0.6 is 0 Å². The molecule has 1 fully saturated rings. The molecule has 0 N–H and O–H groups in total. The molecular weight excluding hydrogens is 232 g/mol. The highest BCUT2D eigenvalue weighted by Gasteiger charge is 2.24. The van der Waals surface area contributed by atoms with E-state index in [1.165, 1.54) is 4.90 Å². The molecule has 1 aromatic carbocycles. The van der Waals surface area contributed by atoms with E-state index in [2.05, 4.69) is 0 Å². The largest absolute Gasteiger partial charge is 0.445 e. The summed E-state index contributed by atoms with van der Waals surface area (Å²) in [6.45, 7) is 1.35. The molecule has 18 heavy (non-hydrogen) atoms. The highest BCUT2D eigenvalue weighted by Crippen LogP contribution is 2.08. The maximum Gasteiger partial charge on any atom is 0.410 e. The molecule has 0 aliphatic carbocycles. The normalized spacial score (nSPS) is 19.1. The van der Waals surface area contributed by atoms with E-state index in [0.29, 0.717) is 13.2 Å². The van der Waals surface area contributed by atoms with Crippen molar-refractivity contribution in [2.45, 2.75) is 12.7 Å². The first-order valence-electron chi connectivity index (χ1n) is 5.76. The zero-order valence-corrected chi connectivity index (χ0v) is 9.91. The number of carbonyl (C=O) groups excluding carboxylic acids is 1. The molecule has 0 aromatic heterocycles. The smallest absolute Gasteiger partial charge is 0.410 e. The van der Waals surface area contributed by atoms with E-state index >= 15 is 0 Å². The van der Waals surface area contributed by atoms with Gasteiger partial charge in [-0.1, -0.05) is 30.3 Å². The van der Waals surface area contributed by atoms with Gasteiger partial charge in [-0.05, 0) is 5.56 Å². The van der Waals surface area contributed by atoms with Gasteiger partial charge in [-0.15, -0.1) is 0 Å². The van der Waals surface area contributed by atoms with Gasteiger partial charge in [-0.2, -0.15) is 5.26 Å². The topological polar surface area (TPSA) is 62.6 Å². The number of hydrogen-bond acceptors (Lipinski definition) is 4. The predicted octanol–water partition coefficient (Wildman–Crippen LogP) is 1.55. The number of amides is 1. The molecule has 0 radical (unpaired) electrons. The van der Waals surface area contributed by atoms with Crippen molar-refractivity contribution in [1.82, 2.24) is 4.90 Å². The van der Waals surface area contributed by atoms with Gasteiger partial charge >= 0.3 is 6.09 Å². The second-order valence-electron chi connectivity index (χ2n) is 3.97. The van der Waals surface area contributed by atoms with E-state index in [9.17, 15) is 4.79 Å². The Bertz CT molecular complexity index is 441. The number of hydrogen-bond donors (Lipinski definition) is 0. The van der Waals surface area contributed by atoms with Gasteiger partial charge < -0.3 is 14.4 Å². The van der Waals surface area contributed by atoms with Crippen LogP contribution in [0.25, 0.3) is 0 Å². The predicted molar refractivity (Wildman–Crippen MR) is 63.6 cm³/mol. The highest BCUT2D eigenvalue weighted by atomic mass is 16.6. The van der Waals surface area contributed by atoms with Gasteiger partial charge in [0, 0.05) is 6.54 Å². The zero-order chi connectivity index (χ0) is 12.8. The number of rotatable bonds is 2. The van der Waals surface area contributed by atoms with E-state index < -0.39 is 12.2 Å². The third-order valence-corrected chi connectivity index (χ3v) is 2.67. The number of nitrogens with zero attached hydrogens (tertiary/aromatic N) is 2. The van der Waals surface area contributed by atoms with Crippen molar-refractivity contribution in [2.75, 3.05) is 19.7 Å². The quantitative estimate of drug-likeness (QED) is 0.794. The molecule has 1 aliphatic heterocycles. The van der Waals surface area contributed by atoms with Crippen molar-refractivity contribution < 1.29 is 14.3 Å². The molecule has 1 aliphatic rings. The van der Waals surface area contributed by atoms with Crippen molar-refractivity contribution in [3.05, 3.63) is 35.9 Å². The van der Waals surface area contributed by atoms with E-state index in [1.54, 1.807) is 0 Å². The Morgan fingerprint density at radius 2 is 2.28 bits per heavy atom. The van der Waals surface area contributed by atoms with E-state index in [0.717, 1.165) is 5.56 Å². The summed E-state index contributed by atoms with van der Waals surface area (Å²) in [5.41, 5.74) is 0.941. The molecule has 1 aromatic rings. The lowest BCUT2D eigenvalue weighted by Gasteiger charge is -2.28. The maximum atomic E-state index is 11.8. The van der Waals surface area contributed by atoms with Crippen LogP contribution in [-0.4, -0.2) is 36.8 Å². The third-order valence-electron chi connectivity index (χ3n) is 2.67. The van der Waals surface area contributed by atoms with Crippen LogP contribution in [-0.2, 0) is 16.1 Å². The first kappa shape index (κ1) is 12.4. The first-order chi connectivity index (χ1) is 8.79. The molecule has 1 heterocycles. The van der Waals surface area contributed by atoms with Crippen LogP contribution < -0.4 is 0 Å². The average molecular weight is 246 g/mol. The lowest BCUT2D eigenvalue weighted by molar-refractivity contribution is -0.00349. The average Bonchev–Trinajstić information content (AvgIpc) is 2.46. The van der Waals surface area contributed by atoms with Crippen molar-refractivity contribution in [2.24, 2.45) is 0 Å². The fraction of sp³-hybridized carbons (Fsp3) is 0.385. The second kappa shape index (κ2) is 6.03. The summed E-state index contributed by atoms with van der Waals surface area (Å²) >= 11 is 0. The molecule has 5 heteroatoms. The first-order valence-corrected chi connectivity index (χ1v) is 5.76. The highest BCUT2D eigenvalue weighted by molar-refractivity contribution is 5.67. The monoisotopic (exact) mass is 246 g/mol. The lowest BCUT2D eigenvalue weighted by atomic mass is 10.2. The summed E-state index contributed by atoms with van der Waals surface area (Å²) in [5.74, 6) is 0. The van der Waals surface area contributed by atoms with Crippen LogP contribution in [0.5, 0.6) is 0 Å². The molecule has 5 nitrogen and oxygen atoms in total. The van der Waals surface area contributed by atoms with E-state index in [-0.39, 0.29) is 13.2 Å². The fourth-order valence-corrected chi connectivity index (χ4v) is 1.70. The number of benzene rings is 1. The molecule has 1 unspecified atom stereocenters. The molecule has 94 valence electrons.